The van der Waals surface area contributed by atoms with Crippen molar-refractivity contribution in [2.45, 2.75) is 69.9 Å². The van der Waals surface area contributed by atoms with Gasteiger partial charge in [-0.15, -0.1) is 0 Å². The molecule has 2 atom stereocenters. The number of rotatable bonds is 7. The van der Waals surface area contributed by atoms with Crippen LogP contribution in [-0.4, -0.2) is 53.8 Å². The zero-order valence-electron chi connectivity index (χ0n) is 20.8. The third-order valence-corrected chi connectivity index (χ3v) is 8.33. The van der Waals surface area contributed by atoms with Crippen molar-refractivity contribution < 1.29 is 9.59 Å². The molecule has 1 aliphatic heterocycles. The maximum absolute atomic E-state index is 13.7. The van der Waals surface area contributed by atoms with Crippen molar-refractivity contribution in [2.24, 2.45) is 5.92 Å². The third kappa shape index (κ3) is 5.78. The Morgan fingerprint density at radius 3 is 2.34 bits per heavy atom. The monoisotopic (exact) mass is 473 g/mol. The summed E-state index contributed by atoms with van der Waals surface area (Å²) >= 11 is 0. The fourth-order valence-corrected chi connectivity index (χ4v) is 6.42. The Labute approximate surface area is 209 Å². The van der Waals surface area contributed by atoms with Gasteiger partial charge in [0.05, 0.1) is 12.1 Å². The standard InChI is InChI=1S/C30H39N3O2/c34-28(18-17-23-9-2-1-3-10-23)32-19-21-33(22-20-32)29(25-12-4-5-13-25)30(35)31-27-16-8-14-24-11-6-7-15-26(24)27/h1-3,6-7,9-11,15,25,27,29H,4-5,8,12-14,16-22H2,(H,31,35)/t27-,29-/m1/s1. The molecule has 2 aromatic carbocycles. The molecule has 1 saturated heterocycles. The molecular formula is C30H39N3O2. The fourth-order valence-electron chi connectivity index (χ4n) is 6.42. The second-order valence-electron chi connectivity index (χ2n) is 10.5. The van der Waals surface area contributed by atoms with Crippen molar-refractivity contribution in [3.05, 3.63) is 71.3 Å². The van der Waals surface area contributed by atoms with Crippen molar-refractivity contribution in [1.29, 1.82) is 0 Å². The predicted octanol–water partition coefficient (Wildman–Crippen LogP) is 4.52. The smallest absolute Gasteiger partial charge is 0.238 e. The Balaban J connectivity index is 1.20. The van der Waals surface area contributed by atoms with E-state index in [0.29, 0.717) is 12.3 Å². The van der Waals surface area contributed by atoms with E-state index in [0.717, 1.165) is 64.7 Å². The van der Waals surface area contributed by atoms with E-state index >= 15 is 0 Å². The predicted molar refractivity (Wildman–Crippen MR) is 139 cm³/mol. The van der Waals surface area contributed by atoms with Crippen molar-refractivity contribution >= 4 is 11.8 Å². The zero-order chi connectivity index (χ0) is 24.0. The largest absolute Gasteiger partial charge is 0.348 e. The minimum Gasteiger partial charge on any atom is -0.348 e. The molecule has 1 heterocycles. The molecule has 35 heavy (non-hydrogen) atoms. The summed E-state index contributed by atoms with van der Waals surface area (Å²) in [5.41, 5.74) is 3.89. The minimum atomic E-state index is -0.0758. The van der Waals surface area contributed by atoms with E-state index in [-0.39, 0.29) is 23.9 Å². The molecule has 0 radical (unpaired) electrons. The van der Waals surface area contributed by atoms with Crippen molar-refractivity contribution in [2.75, 3.05) is 26.2 Å². The molecule has 3 aliphatic rings. The molecule has 2 amide bonds. The van der Waals surface area contributed by atoms with Crippen LogP contribution < -0.4 is 5.32 Å². The van der Waals surface area contributed by atoms with E-state index < -0.39 is 0 Å². The number of aryl methyl sites for hydroxylation is 2. The lowest BCUT2D eigenvalue weighted by atomic mass is 9.87. The number of benzene rings is 2. The van der Waals surface area contributed by atoms with Crippen LogP contribution in [0.1, 0.15) is 67.7 Å². The first-order chi connectivity index (χ1) is 17.2. The van der Waals surface area contributed by atoms with Gasteiger partial charge in [-0.2, -0.15) is 0 Å². The molecule has 5 heteroatoms. The van der Waals surface area contributed by atoms with Crippen molar-refractivity contribution in [1.82, 2.24) is 15.1 Å². The molecule has 2 aliphatic carbocycles. The lowest BCUT2D eigenvalue weighted by Crippen LogP contribution is -2.58. The van der Waals surface area contributed by atoms with E-state index in [2.05, 4.69) is 46.6 Å². The van der Waals surface area contributed by atoms with E-state index in [1.54, 1.807) is 0 Å². The number of carbonyl (C=O) groups excluding carboxylic acids is 2. The van der Waals surface area contributed by atoms with Crippen LogP contribution in [0.25, 0.3) is 0 Å². The molecule has 186 valence electrons. The lowest BCUT2D eigenvalue weighted by molar-refractivity contribution is -0.135. The average Bonchev–Trinajstić information content (AvgIpc) is 3.43. The molecule has 0 unspecified atom stereocenters. The summed E-state index contributed by atoms with van der Waals surface area (Å²) in [7, 11) is 0. The summed E-state index contributed by atoms with van der Waals surface area (Å²) in [6.07, 6.45) is 9.30. The van der Waals surface area contributed by atoms with E-state index in [1.807, 2.05) is 23.1 Å². The topological polar surface area (TPSA) is 52.7 Å². The van der Waals surface area contributed by atoms with E-state index in [4.69, 9.17) is 0 Å². The highest BCUT2D eigenvalue weighted by Gasteiger charge is 2.38. The molecule has 0 bridgehead atoms. The Morgan fingerprint density at radius 1 is 0.857 bits per heavy atom. The molecule has 0 spiro atoms. The molecule has 1 N–H and O–H groups in total. The maximum Gasteiger partial charge on any atom is 0.238 e. The summed E-state index contributed by atoms with van der Waals surface area (Å²) in [6, 6.07) is 18.9. The summed E-state index contributed by atoms with van der Waals surface area (Å²) in [5, 5.41) is 3.46. The number of piperazine rings is 1. The van der Waals surface area contributed by atoms with Gasteiger partial charge in [-0.25, -0.2) is 0 Å². The van der Waals surface area contributed by atoms with Crippen molar-refractivity contribution in [3.63, 3.8) is 0 Å². The average molecular weight is 474 g/mol. The first-order valence-electron chi connectivity index (χ1n) is 13.6. The Bertz CT molecular complexity index is 994. The second kappa shape index (κ2) is 11.4. The molecule has 5 rings (SSSR count). The lowest BCUT2D eigenvalue weighted by Gasteiger charge is -2.41. The van der Waals surface area contributed by atoms with Crippen LogP contribution in [-0.2, 0) is 22.4 Å². The summed E-state index contributed by atoms with van der Waals surface area (Å²) in [4.78, 5) is 31.0. The third-order valence-electron chi connectivity index (χ3n) is 8.33. The SMILES string of the molecule is O=C(N[C@@H]1CCCc2ccccc21)[C@@H](C1CCCC1)N1CCN(C(=O)CCc2ccccc2)CC1. The van der Waals surface area contributed by atoms with Gasteiger partial charge < -0.3 is 10.2 Å². The summed E-state index contributed by atoms with van der Waals surface area (Å²) in [6.45, 7) is 3.01. The van der Waals surface area contributed by atoms with Crippen LogP contribution in [0.5, 0.6) is 0 Å². The Hall–Kier alpha value is -2.66. The first kappa shape index (κ1) is 24.1. The van der Waals surface area contributed by atoms with Crippen LogP contribution in [0.15, 0.2) is 54.6 Å². The van der Waals surface area contributed by atoms with Gasteiger partial charge in [0.15, 0.2) is 0 Å². The second-order valence-corrected chi connectivity index (χ2v) is 10.5. The summed E-state index contributed by atoms with van der Waals surface area (Å²) in [5.74, 6) is 0.853. The molecular weight excluding hydrogens is 434 g/mol. The van der Waals surface area contributed by atoms with Crippen LogP contribution in [0.4, 0.5) is 0 Å². The number of nitrogens with zero attached hydrogens (tertiary/aromatic N) is 2. The highest BCUT2D eigenvalue weighted by Crippen LogP contribution is 2.33. The normalized spacial score (nSPS) is 21.9. The number of hydrogen-bond donors (Lipinski definition) is 1. The maximum atomic E-state index is 13.7. The molecule has 5 nitrogen and oxygen atoms in total. The van der Waals surface area contributed by atoms with Crippen LogP contribution in [0.2, 0.25) is 0 Å². The van der Waals surface area contributed by atoms with Gasteiger partial charge in [-0.3, -0.25) is 14.5 Å². The van der Waals surface area contributed by atoms with E-state index in [1.165, 1.54) is 29.5 Å². The first-order valence-corrected chi connectivity index (χ1v) is 13.6. The van der Waals surface area contributed by atoms with Crippen molar-refractivity contribution in [3.8, 4) is 0 Å². The van der Waals surface area contributed by atoms with Crippen LogP contribution in [0.3, 0.4) is 0 Å². The number of fused-ring (bicyclic) bond motifs is 1. The number of carbonyl (C=O) groups is 2. The molecule has 2 fully saturated rings. The highest BCUT2D eigenvalue weighted by molar-refractivity contribution is 5.83. The van der Waals surface area contributed by atoms with Gasteiger partial charge in [-0.1, -0.05) is 67.4 Å². The van der Waals surface area contributed by atoms with Gasteiger partial charge in [0.2, 0.25) is 11.8 Å². The highest BCUT2D eigenvalue weighted by atomic mass is 16.2. The minimum absolute atomic E-state index is 0.0758. The molecule has 1 saturated carbocycles. The molecule has 0 aromatic heterocycles. The van der Waals surface area contributed by atoms with Gasteiger partial charge in [0.25, 0.3) is 0 Å². The molecule has 2 aromatic rings. The van der Waals surface area contributed by atoms with Gasteiger partial charge in [-0.05, 0) is 61.1 Å². The Kier molecular flexibility index (Phi) is 7.82. The van der Waals surface area contributed by atoms with Gasteiger partial charge >= 0.3 is 0 Å². The van der Waals surface area contributed by atoms with Crippen LogP contribution in [0, 0.1) is 5.92 Å². The quantitative estimate of drug-likeness (QED) is 0.644. The number of nitrogens with one attached hydrogen (secondary N) is 1. The fraction of sp³-hybridized carbons (Fsp3) is 0.533. The van der Waals surface area contributed by atoms with Gasteiger partial charge in [0.1, 0.15) is 0 Å². The Morgan fingerprint density at radius 2 is 1.57 bits per heavy atom. The summed E-state index contributed by atoms with van der Waals surface area (Å²) < 4.78 is 0. The van der Waals surface area contributed by atoms with E-state index in [9.17, 15) is 9.59 Å². The van der Waals surface area contributed by atoms with Gasteiger partial charge in [0, 0.05) is 32.6 Å². The van der Waals surface area contributed by atoms with Crippen LogP contribution >= 0.6 is 0 Å². The number of hydrogen-bond acceptors (Lipinski definition) is 3. The zero-order valence-corrected chi connectivity index (χ0v) is 20.8. The number of amides is 2.